The fourth-order valence-electron chi connectivity index (χ4n) is 9.57. The minimum Gasteiger partial charge on any atom is -0.434 e. The van der Waals surface area contributed by atoms with Crippen LogP contribution in [0.2, 0.25) is 0 Å². The van der Waals surface area contributed by atoms with Crippen LogP contribution in [0.3, 0.4) is 0 Å². The summed E-state index contributed by atoms with van der Waals surface area (Å²) in [6.45, 7) is 12.7. The molecule has 3 aliphatic heterocycles. The van der Waals surface area contributed by atoms with Crippen molar-refractivity contribution in [3.05, 3.63) is 48.6 Å². The van der Waals surface area contributed by atoms with Crippen molar-refractivity contribution in [1.29, 1.82) is 0 Å². The van der Waals surface area contributed by atoms with Crippen molar-refractivity contribution < 1.29 is 13.9 Å². The van der Waals surface area contributed by atoms with Crippen LogP contribution in [0.25, 0.3) is 11.1 Å². The Morgan fingerprint density at radius 3 is 2.56 bits per heavy atom. The van der Waals surface area contributed by atoms with Crippen LogP contribution in [0.1, 0.15) is 70.9 Å². The predicted molar refractivity (Wildman–Crippen MR) is 188 cm³/mol. The van der Waals surface area contributed by atoms with Gasteiger partial charge in [-0.25, -0.2) is 19.3 Å². The highest BCUT2D eigenvalue weighted by Crippen LogP contribution is 2.50. The molecule has 1 unspecified atom stereocenters. The molecule has 12 heteroatoms. The number of benzene rings is 1. The van der Waals surface area contributed by atoms with Crippen molar-refractivity contribution in [2.75, 3.05) is 58.3 Å². The van der Waals surface area contributed by atoms with E-state index in [0.29, 0.717) is 52.8 Å². The van der Waals surface area contributed by atoms with Crippen LogP contribution >= 0.6 is 0 Å². The average molecular weight is 684 g/mol. The number of hydrogen-bond donors (Lipinski definition) is 0. The van der Waals surface area contributed by atoms with Gasteiger partial charge in [-0.2, -0.15) is 0 Å². The Hall–Kier alpha value is -3.77. The van der Waals surface area contributed by atoms with E-state index in [9.17, 15) is 9.18 Å². The van der Waals surface area contributed by atoms with Crippen LogP contribution in [0.15, 0.2) is 37.1 Å². The summed E-state index contributed by atoms with van der Waals surface area (Å²) < 4.78 is 21.0. The predicted octanol–water partition coefficient (Wildman–Crippen LogP) is 5.25. The molecule has 5 aliphatic rings. The van der Waals surface area contributed by atoms with Gasteiger partial charge in [0.25, 0.3) is 5.88 Å². The van der Waals surface area contributed by atoms with Gasteiger partial charge >= 0.3 is 0 Å². The van der Waals surface area contributed by atoms with Gasteiger partial charge in [0.05, 0.1) is 11.1 Å². The molecule has 11 nitrogen and oxygen atoms in total. The fourth-order valence-corrected chi connectivity index (χ4v) is 9.57. The number of carbonyl (C=O) groups is 1. The number of aromatic nitrogens is 5. The van der Waals surface area contributed by atoms with Crippen LogP contribution in [-0.4, -0.2) is 111 Å². The van der Waals surface area contributed by atoms with Crippen molar-refractivity contribution in [1.82, 2.24) is 39.8 Å². The first-order valence-corrected chi connectivity index (χ1v) is 18.4. The first-order chi connectivity index (χ1) is 24.0. The lowest BCUT2D eigenvalue weighted by atomic mass is 9.68. The van der Waals surface area contributed by atoms with Crippen LogP contribution in [0.5, 0.6) is 11.6 Å². The van der Waals surface area contributed by atoms with E-state index < -0.39 is 0 Å². The number of nitrogens with zero attached hydrogens (tertiary/aromatic N) is 9. The third-order valence-electron chi connectivity index (χ3n) is 12.2. The first kappa shape index (κ1) is 33.4. The third kappa shape index (κ3) is 6.12. The van der Waals surface area contributed by atoms with E-state index in [1.165, 1.54) is 31.3 Å². The lowest BCUT2D eigenvalue weighted by Crippen LogP contribution is -2.65. The van der Waals surface area contributed by atoms with Crippen molar-refractivity contribution in [2.24, 2.45) is 22.7 Å². The van der Waals surface area contributed by atoms with Crippen molar-refractivity contribution in [3.8, 4) is 22.8 Å². The second kappa shape index (κ2) is 12.8. The summed E-state index contributed by atoms with van der Waals surface area (Å²) in [7, 11) is 3.75. The van der Waals surface area contributed by atoms with Crippen molar-refractivity contribution in [2.45, 2.75) is 77.3 Å². The molecule has 0 N–H and O–H groups in total. The van der Waals surface area contributed by atoms with Gasteiger partial charge in [0, 0.05) is 87.6 Å². The second-order valence-corrected chi connectivity index (χ2v) is 16.6. The van der Waals surface area contributed by atoms with Gasteiger partial charge in [-0.15, -0.1) is 10.2 Å². The number of carbonyl (C=O) groups excluding carboxylic acids is 1. The summed E-state index contributed by atoms with van der Waals surface area (Å²) in [6, 6.07) is 5.70. The van der Waals surface area contributed by atoms with Gasteiger partial charge in [0.2, 0.25) is 5.91 Å². The molecular weight excluding hydrogens is 633 g/mol. The summed E-state index contributed by atoms with van der Waals surface area (Å²) in [6.07, 6.45) is 11.4. The molecule has 8 rings (SSSR count). The quantitative estimate of drug-likeness (QED) is 0.282. The van der Waals surface area contributed by atoms with Gasteiger partial charge in [-0.1, -0.05) is 13.8 Å². The van der Waals surface area contributed by atoms with Crippen LogP contribution in [0, 0.1) is 28.5 Å². The van der Waals surface area contributed by atoms with E-state index in [2.05, 4.69) is 60.6 Å². The lowest BCUT2D eigenvalue weighted by Gasteiger charge is -2.57. The Bertz CT molecular complexity index is 1740. The molecule has 1 amide bonds. The highest BCUT2D eigenvalue weighted by molar-refractivity contribution is 5.82. The van der Waals surface area contributed by atoms with Crippen molar-refractivity contribution in [3.63, 3.8) is 0 Å². The Labute approximate surface area is 294 Å². The molecule has 3 saturated heterocycles. The highest BCUT2D eigenvalue weighted by atomic mass is 19.1. The van der Waals surface area contributed by atoms with Gasteiger partial charge in [-0.3, -0.25) is 14.6 Å². The van der Waals surface area contributed by atoms with E-state index in [1.54, 1.807) is 23.5 Å². The number of likely N-dealkylation sites (tertiary alicyclic amines) is 2. The van der Waals surface area contributed by atoms with Gasteiger partial charge in [0.15, 0.2) is 5.82 Å². The zero-order chi connectivity index (χ0) is 34.8. The molecule has 2 aromatic heterocycles. The number of hydrogen-bond acceptors (Lipinski definition) is 10. The molecular formula is C38H50FN9O2. The number of halogens is 1. The minimum atomic E-state index is -0.348. The highest BCUT2D eigenvalue weighted by Gasteiger charge is 2.54. The summed E-state index contributed by atoms with van der Waals surface area (Å²) in [5.74, 6) is 3.03. The molecule has 2 saturated carbocycles. The molecule has 1 spiro atoms. The number of ether oxygens (including phenoxy) is 1. The van der Waals surface area contributed by atoms with Crippen LogP contribution in [0.4, 0.5) is 10.2 Å². The summed E-state index contributed by atoms with van der Waals surface area (Å²) in [4.78, 5) is 35.7. The molecule has 0 bridgehead atoms. The molecule has 1 aromatic carbocycles. The second-order valence-electron chi connectivity index (χ2n) is 16.6. The summed E-state index contributed by atoms with van der Waals surface area (Å²) in [5, 5.41) is 8.44. The lowest BCUT2D eigenvalue weighted by molar-refractivity contribution is -0.138. The molecule has 5 heterocycles. The van der Waals surface area contributed by atoms with Gasteiger partial charge in [-0.05, 0) is 82.0 Å². The number of amides is 1. The Balaban J connectivity index is 0.918. The smallest absolute Gasteiger partial charge is 0.282 e. The molecule has 2 aliphatic carbocycles. The standard InChI is InChI=1S/C38H50FN9O2/c1-24(2)33(26-14-28(15-26)46-12-10-37(3,18-46)36(49)45(4)5)48-20-38(21-48)11-13-47(19-38)34-35(44-43-23-42-34)50-31-9-8-27(39)16-29(31)30-17-40-22-41-32(30)25-6-7-25/h8-9,16-17,22-26,28,33H,6-7,10-15,18-21H2,1-5H3/t26?,28?,33-,37?/m1/s1. The Morgan fingerprint density at radius 2 is 1.82 bits per heavy atom. The summed E-state index contributed by atoms with van der Waals surface area (Å²) in [5.41, 5.74) is 2.27. The molecule has 50 heavy (non-hydrogen) atoms. The fraction of sp³-hybridized carbons (Fsp3) is 0.632. The zero-order valence-corrected chi connectivity index (χ0v) is 30.1. The largest absolute Gasteiger partial charge is 0.434 e. The SMILES string of the molecule is CC(C)[C@H](C1CC(N2CCC(C)(C(=O)N(C)C)C2)C1)N1CC2(CCN(c3ncnnc3Oc3ccc(F)cc3-c3cncnc3C3CC3)C2)C1. The molecule has 2 atom stereocenters. The van der Waals surface area contributed by atoms with E-state index in [0.717, 1.165) is 76.2 Å². The number of anilines is 1. The van der Waals surface area contributed by atoms with Crippen LogP contribution < -0.4 is 9.64 Å². The maximum atomic E-state index is 14.6. The zero-order valence-electron chi connectivity index (χ0n) is 30.1. The first-order valence-electron chi connectivity index (χ1n) is 18.4. The van der Waals surface area contributed by atoms with Gasteiger partial charge in [0.1, 0.15) is 24.2 Å². The molecule has 0 radical (unpaired) electrons. The monoisotopic (exact) mass is 683 g/mol. The van der Waals surface area contributed by atoms with E-state index in [1.807, 2.05) is 14.1 Å². The van der Waals surface area contributed by atoms with Gasteiger partial charge < -0.3 is 14.5 Å². The topological polar surface area (TPSA) is 104 Å². The van der Waals surface area contributed by atoms with E-state index in [4.69, 9.17) is 4.74 Å². The van der Waals surface area contributed by atoms with E-state index in [-0.39, 0.29) is 22.6 Å². The molecule has 5 fully saturated rings. The molecule has 266 valence electrons. The Kier molecular flexibility index (Phi) is 8.53. The average Bonchev–Trinajstić information content (AvgIpc) is 3.70. The third-order valence-corrected chi connectivity index (χ3v) is 12.2. The normalized spacial score (nSPS) is 27.0. The minimum absolute atomic E-state index is 0.212. The maximum Gasteiger partial charge on any atom is 0.282 e. The van der Waals surface area contributed by atoms with Crippen molar-refractivity contribution >= 4 is 11.7 Å². The summed E-state index contributed by atoms with van der Waals surface area (Å²) >= 11 is 0. The molecule has 3 aromatic rings. The van der Waals surface area contributed by atoms with Crippen LogP contribution in [-0.2, 0) is 4.79 Å². The maximum absolute atomic E-state index is 14.6. The van der Waals surface area contributed by atoms with E-state index >= 15 is 0 Å². The number of rotatable bonds is 10. The Morgan fingerprint density at radius 1 is 1.02 bits per heavy atom.